The molecule has 0 saturated heterocycles. The Morgan fingerprint density at radius 3 is 2.69 bits per heavy atom. The maximum atomic E-state index is 12.8. The number of amides is 1. The summed E-state index contributed by atoms with van der Waals surface area (Å²) in [5, 5.41) is 14.3. The summed E-state index contributed by atoms with van der Waals surface area (Å²) in [5.74, 6) is -0.482. The van der Waals surface area contributed by atoms with E-state index in [0.29, 0.717) is 34.7 Å². The van der Waals surface area contributed by atoms with Gasteiger partial charge in [0, 0.05) is 28.5 Å². The number of nitriles is 1. The second-order valence-electron chi connectivity index (χ2n) is 8.02. The fraction of sp³-hybridized carbons (Fsp3) is 0.261. The van der Waals surface area contributed by atoms with E-state index in [4.69, 9.17) is 16.9 Å². The molecule has 9 heteroatoms. The van der Waals surface area contributed by atoms with Crippen molar-refractivity contribution in [3.05, 3.63) is 71.0 Å². The number of hydrogen-bond acceptors (Lipinski definition) is 5. The Labute approximate surface area is 191 Å². The quantitative estimate of drug-likeness (QED) is 0.522. The third kappa shape index (κ3) is 5.25. The number of rotatable bonds is 8. The van der Waals surface area contributed by atoms with Gasteiger partial charge in [-0.25, -0.2) is 13.1 Å². The summed E-state index contributed by atoms with van der Waals surface area (Å²) in [7, 11) is -3.63. The van der Waals surface area contributed by atoms with Crippen LogP contribution in [0.5, 0.6) is 0 Å². The van der Waals surface area contributed by atoms with Crippen molar-refractivity contribution in [1.82, 2.24) is 9.71 Å². The van der Waals surface area contributed by atoms with Crippen LogP contribution in [0.3, 0.4) is 0 Å². The van der Waals surface area contributed by atoms with Gasteiger partial charge in [-0.3, -0.25) is 9.78 Å². The van der Waals surface area contributed by atoms with E-state index < -0.39 is 15.4 Å². The van der Waals surface area contributed by atoms with E-state index in [9.17, 15) is 13.2 Å². The number of benzene rings is 2. The van der Waals surface area contributed by atoms with Crippen molar-refractivity contribution in [2.24, 2.45) is 5.41 Å². The van der Waals surface area contributed by atoms with E-state index in [1.165, 1.54) is 0 Å². The van der Waals surface area contributed by atoms with Crippen LogP contribution in [0.1, 0.15) is 24.0 Å². The van der Waals surface area contributed by atoms with Crippen molar-refractivity contribution in [3.63, 3.8) is 0 Å². The molecule has 0 radical (unpaired) electrons. The van der Waals surface area contributed by atoms with Gasteiger partial charge in [-0.2, -0.15) is 5.26 Å². The Morgan fingerprint density at radius 2 is 1.94 bits per heavy atom. The van der Waals surface area contributed by atoms with Crippen molar-refractivity contribution >= 4 is 44.0 Å². The molecule has 4 rings (SSSR count). The first-order valence-electron chi connectivity index (χ1n) is 10.1. The van der Waals surface area contributed by atoms with E-state index >= 15 is 0 Å². The monoisotopic (exact) mass is 468 g/mol. The van der Waals surface area contributed by atoms with Gasteiger partial charge in [0.1, 0.15) is 0 Å². The first kappa shape index (κ1) is 22.2. The SMILES string of the molecule is N#CC1(CS(=O)(=O)NCc2ccc(Cl)cc2CC(=O)Nc2cncc3ccccc23)CC1. The van der Waals surface area contributed by atoms with Gasteiger partial charge >= 0.3 is 0 Å². The Bertz CT molecular complexity index is 1330. The molecule has 0 bridgehead atoms. The highest BCUT2D eigenvalue weighted by molar-refractivity contribution is 7.89. The van der Waals surface area contributed by atoms with Crippen molar-refractivity contribution in [2.75, 3.05) is 11.1 Å². The van der Waals surface area contributed by atoms with Crippen LogP contribution in [-0.4, -0.2) is 25.1 Å². The highest BCUT2D eigenvalue weighted by atomic mass is 35.5. The number of carbonyl (C=O) groups is 1. The Balaban J connectivity index is 1.47. The average Bonchev–Trinajstić information content (AvgIpc) is 3.52. The summed E-state index contributed by atoms with van der Waals surface area (Å²) >= 11 is 6.13. The minimum absolute atomic E-state index is 0.0133. The van der Waals surface area contributed by atoms with E-state index in [2.05, 4.69) is 21.1 Å². The summed E-state index contributed by atoms with van der Waals surface area (Å²) in [5.41, 5.74) is 1.10. The Hall–Kier alpha value is -2.99. The van der Waals surface area contributed by atoms with Crippen LogP contribution in [0.15, 0.2) is 54.9 Å². The largest absolute Gasteiger partial charge is 0.324 e. The molecule has 2 aromatic carbocycles. The van der Waals surface area contributed by atoms with Crippen molar-refractivity contribution in [3.8, 4) is 6.07 Å². The van der Waals surface area contributed by atoms with Gasteiger partial charge in [0.2, 0.25) is 15.9 Å². The molecule has 0 unspecified atom stereocenters. The smallest absolute Gasteiger partial charge is 0.228 e. The minimum Gasteiger partial charge on any atom is -0.324 e. The molecule has 1 saturated carbocycles. The summed E-state index contributed by atoms with van der Waals surface area (Å²) in [6, 6.07) is 14.7. The summed E-state index contributed by atoms with van der Waals surface area (Å²) in [4.78, 5) is 16.9. The molecule has 3 aromatic rings. The van der Waals surface area contributed by atoms with Crippen molar-refractivity contribution in [2.45, 2.75) is 25.8 Å². The van der Waals surface area contributed by atoms with E-state index in [0.717, 1.165) is 10.8 Å². The maximum absolute atomic E-state index is 12.8. The maximum Gasteiger partial charge on any atom is 0.228 e. The highest BCUT2D eigenvalue weighted by Crippen LogP contribution is 2.45. The van der Waals surface area contributed by atoms with E-state index in [1.54, 1.807) is 30.6 Å². The molecule has 2 N–H and O–H groups in total. The summed E-state index contributed by atoms with van der Waals surface area (Å²) < 4.78 is 27.4. The van der Waals surface area contributed by atoms with E-state index in [1.807, 2.05) is 24.3 Å². The molecule has 0 spiro atoms. The summed E-state index contributed by atoms with van der Waals surface area (Å²) in [6.07, 6.45) is 4.53. The molecule has 1 amide bonds. The molecule has 0 aliphatic heterocycles. The Morgan fingerprint density at radius 1 is 1.16 bits per heavy atom. The molecular formula is C23H21ClN4O3S. The Kier molecular flexibility index (Phi) is 6.15. The van der Waals surface area contributed by atoms with Gasteiger partial charge in [-0.05, 0) is 36.1 Å². The van der Waals surface area contributed by atoms with Crippen LogP contribution in [0.2, 0.25) is 5.02 Å². The van der Waals surface area contributed by atoms with Gasteiger partial charge in [0.05, 0.1) is 35.5 Å². The van der Waals surface area contributed by atoms with E-state index in [-0.39, 0.29) is 24.6 Å². The van der Waals surface area contributed by atoms with Crippen LogP contribution in [0, 0.1) is 16.7 Å². The lowest BCUT2D eigenvalue weighted by molar-refractivity contribution is -0.115. The molecule has 1 aliphatic rings. The second-order valence-corrected chi connectivity index (χ2v) is 10.3. The fourth-order valence-electron chi connectivity index (χ4n) is 3.56. The number of hydrogen-bond donors (Lipinski definition) is 2. The normalized spacial score (nSPS) is 14.6. The molecule has 1 aromatic heterocycles. The number of pyridine rings is 1. The topological polar surface area (TPSA) is 112 Å². The fourth-order valence-corrected chi connectivity index (χ4v) is 5.31. The number of sulfonamides is 1. The first-order valence-corrected chi connectivity index (χ1v) is 12.1. The first-order chi connectivity index (χ1) is 15.3. The summed E-state index contributed by atoms with van der Waals surface area (Å²) in [6.45, 7) is 0.0133. The number of fused-ring (bicyclic) bond motifs is 1. The van der Waals surface area contributed by atoms with Crippen molar-refractivity contribution in [1.29, 1.82) is 5.26 Å². The van der Waals surface area contributed by atoms with Crippen LogP contribution in [0.25, 0.3) is 10.8 Å². The zero-order valence-electron chi connectivity index (χ0n) is 17.1. The minimum atomic E-state index is -3.63. The van der Waals surface area contributed by atoms with Gasteiger partial charge in [-0.1, -0.05) is 41.9 Å². The zero-order valence-corrected chi connectivity index (χ0v) is 18.7. The third-order valence-electron chi connectivity index (χ3n) is 5.50. The number of nitrogens with zero attached hydrogens (tertiary/aromatic N) is 2. The standard InChI is InChI=1S/C23H21ClN4O3S/c24-19-6-5-16(12-27-32(30,31)15-23(14-25)7-8-23)18(9-19)10-22(29)28-21-13-26-11-17-3-1-2-4-20(17)21/h1-6,9,11,13,27H,7-8,10,12,15H2,(H,28,29). The molecule has 0 atom stereocenters. The van der Waals surface area contributed by atoms with Crippen LogP contribution in [-0.2, 0) is 27.8 Å². The molecule has 32 heavy (non-hydrogen) atoms. The molecule has 1 heterocycles. The van der Waals surface area contributed by atoms with Gasteiger partial charge in [0.15, 0.2) is 0 Å². The lowest BCUT2D eigenvalue weighted by atomic mass is 10.0. The molecular weight excluding hydrogens is 448 g/mol. The molecule has 7 nitrogen and oxygen atoms in total. The number of carbonyl (C=O) groups excluding carboxylic acids is 1. The predicted octanol–water partition coefficient (Wildman–Crippen LogP) is 3.79. The predicted molar refractivity (Wildman–Crippen MR) is 123 cm³/mol. The van der Waals surface area contributed by atoms with Crippen LogP contribution in [0.4, 0.5) is 5.69 Å². The van der Waals surface area contributed by atoms with Crippen LogP contribution < -0.4 is 10.0 Å². The molecule has 1 aliphatic carbocycles. The molecule has 164 valence electrons. The van der Waals surface area contributed by atoms with Crippen LogP contribution >= 0.6 is 11.6 Å². The number of anilines is 1. The van der Waals surface area contributed by atoms with Crippen molar-refractivity contribution < 1.29 is 13.2 Å². The lowest BCUT2D eigenvalue weighted by Gasteiger charge is -2.13. The average molecular weight is 469 g/mol. The molecule has 1 fully saturated rings. The number of nitrogens with one attached hydrogen (secondary N) is 2. The number of halogens is 1. The zero-order chi connectivity index (χ0) is 22.8. The van der Waals surface area contributed by atoms with Gasteiger partial charge in [0.25, 0.3) is 0 Å². The van der Waals surface area contributed by atoms with Gasteiger partial charge in [-0.15, -0.1) is 0 Å². The second kappa shape index (κ2) is 8.87. The third-order valence-corrected chi connectivity index (χ3v) is 7.25. The van der Waals surface area contributed by atoms with Gasteiger partial charge < -0.3 is 5.32 Å². The lowest BCUT2D eigenvalue weighted by Crippen LogP contribution is -2.30. The number of aromatic nitrogens is 1. The highest BCUT2D eigenvalue weighted by Gasteiger charge is 2.46.